The molecule has 2 amide bonds. The summed E-state index contributed by atoms with van der Waals surface area (Å²) in [5, 5.41) is 4.06. The number of rotatable bonds is 10. The van der Waals surface area contributed by atoms with Gasteiger partial charge in [0.1, 0.15) is 24.3 Å². The van der Waals surface area contributed by atoms with Gasteiger partial charge in [0.05, 0.1) is 6.42 Å². The topological polar surface area (TPSA) is 111 Å². The number of hydrogen-bond acceptors (Lipinski definition) is 6. The quantitative estimate of drug-likeness (QED) is 0.436. The second kappa shape index (κ2) is 14.2. The van der Waals surface area contributed by atoms with E-state index in [9.17, 15) is 32.3 Å². The molecule has 2 N–H and O–H groups in total. The number of halogens is 3. The minimum atomic E-state index is -5.21. The van der Waals surface area contributed by atoms with Crippen molar-refractivity contribution in [3.05, 3.63) is 35.9 Å². The summed E-state index contributed by atoms with van der Waals surface area (Å²) in [6.45, 7) is 0. The first-order chi connectivity index (χ1) is 18.1. The molecule has 210 valence electrons. The average molecular weight is 541 g/mol. The maximum atomic E-state index is 13.1. The molecule has 3 rings (SSSR count). The highest BCUT2D eigenvalue weighted by Crippen LogP contribution is 2.23. The van der Waals surface area contributed by atoms with E-state index in [0.717, 1.165) is 38.5 Å². The van der Waals surface area contributed by atoms with Crippen molar-refractivity contribution < 1.29 is 41.8 Å². The molecule has 0 radical (unpaired) electrons. The van der Waals surface area contributed by atoms with E-state index in [2.05, 4.69) is 5.32 Å². The molecule has 2 fully saturated rings. The van der Waals surface area contributed by atoms with Gasteiger partial charge in [-0.15, -0.1) is 0 Å². The maximum absolute atomic E-state index is 13.1. The van der Waals surface area contributed by atoms with Crippen LogP contribution in [-0.4, -0.2) is 54.2 Å². The first-order valence-corrected chi connectivity index (χ1v) is 13.2. The van der Waals surface area contributed by atoms with Crippen LogP contribution in [0.5, 0.6) is 0 Å². The third kappa shape index (κ3) is 9.64. The summed E-state index contributed by atoms with van der Waals surface area (Å²) in [4.78, 5) is 50.5. The summed E-state index contributed by atoms with van der Waals surface area (Å²) in [5.41, 5.74) is 0.494. The fraction of sp³-hybridized carbons (Fsp3) is 0.630. The lowest BCUT2D eigenvalue weighted by Crippen LogP contribution is -2.55. The van der Waals surface area contributed by atoms with Crippen LogP contribution < -0.4 is 10.6 Å². The van der Waals surface area contributed by atoms with Gasteiger partial charge in [0.2, 0.25) is 5.91 Å². The van der Waals surface area contributed by atoms with Crippen molar-refractivity contribution in [3.8, 4) is 0 Å². The van der Waals surface area contributed by atoms with Crippen LogP contribution in [-0.2, 0) is 35.1 Å². The molecule has 0 heterocycles. The maximum Gasteiger partial charge on any atom is 0.471 e. The third-order valence-corrected chi connectivity index (χ3v) is 6.82. The Morgan fingerprint density at radius 2 is 1.34 bits per heavy atom. The van der Waals surface area contributed by atoms with Gasteiger partial charge in [-0.2, -0.15) is 13.2 Å². The Balaban J connectivity index is 1.73. The highest BCUT2D eigenvalue weighted by Gasteiger charge is 2.41. The molecule has 2 aliphatic carbocycles. The molecule has 2 atom stereocenters. The predicted octanol–water partition coefficient (Wildman–Crippen LogP) is 3.90. The largest absolute Gasteiger partial charge is 0.471 e. The Morgan fingerprint density at radius 3 is 1.89 bits per heavy atom. The molecule has 0 bridgehead atoms. The Kier molecular flexibility index (Phi) is 11.0. The van der Waals surface area contributed by atoms with E-state index in [1.165, 1.54) is 0 Å². The van der Waals surface area contributed by atoms with Crippen LogP contribution in [0.4, 0.5) is 13.2 Å². The number of amides is 2. The van der Waals surface area contributed by atoms with Gasteiger partial charge in [-0.25, -0.2) is 4.79 Å². The number of hydrogen-bond donors (Lipinski definition) is 2. The van der Waals surface area contributed by atoms with Gasteiger partial charge in [0, 0.05) is 6.42 Å². The highest BCUT2D eigenvalue weighted by molar-refractivity contribution is 5.93. The molecule has 0 saturated heterocycles. The van der Waals surface area contributed by atoms with E-state index in [-0.39, 0.29) is 18.6 Å². The van der Waals surface area contributed by atoms with Gasteiger partial charge in [0.25, 0.3) is 0 Å². The normalized spacial score (nSPS) is 18.6. The Labute approximate surface area is 220 Å². The molecule has 0 aliphatic heterocycles. The van der Waals surface area contributed by atoms with E-state index in [0.29, 0.717) is 31.2 Å². The predicted molar refractivity (Wildman–Crippen MR) is 131 cm³/mol. The van der Waals surface area contributed by atoms with Crippen molar-refractivity contribution in [1.29, 1.82) is 0 Å². The van der Waals surface area contributed by atoms with E-state index >= 15 is 0 Å². The van der Waals surface area contributed by atoms with Crippen molar-refractivity contribution in [1.82, 2.24) is 10.6 Å². The first kappa shape index (κ1) is 29.4. The summed E-state index contributed by atoms with van der Waals surface area (Å²) in [6, 6.07) is 5.05. The lowest BCUT2D eigenvalue weighted by atomic mass is 9.97. The number of nitrogens with one attached hydrogen (secondary N) is 2. The van der Waals surface area contributed by atoms with Gasteiger partial charge in [-0.3, -0.25) is 14.4 Å². The minimum Gasteiger partial charge on any atom is -0.462 e. The summed E-state index contributed by atoms with van der Waals surface area (Å²) >= 11 is 0. The smallest absolute Gasteiger partial charge is 0.462 e. The summed E-state index contributed by atoms with van der Waals surface area (Å²) in [5.74, 6) is -4.89. The monoisotopic (exact) mass is 540 g/mol. The van der Waals surface area contributed by atoms with E-state index < -0.39 is 48.4 Å². The minimum absolute atomic E-state index is 0.259. The van der Waals surface area contributed by atoms with Crippen LogP contribution in [0.1, 0.15) is 76.2 Å². The number of carbonyl (C=O) groups excluding carboxylic acids is 4. The Morgan fingerprint density at radius 1 is 0.789 bits per heavy atom. The molecule has 0 spiro atoms. The number of alkyl halides is 3. The number of benzene rings is 1. The molecular weight excluding hydrogens is 505 g/mol. The van der Waals surface area contributed by atoms with E-state index in [1.807, 2.05) is 0 Å². The van der Waals surface area contributed by atoms with Crippen molar-refractivity contribution in [2.75, 3.05) is 0 Å². The van der Waals surface area contributed by atoms with Gasteiger partial charge in [-0.05, 0) is 56.9 Å². The molecule has 0 aromatic heterocycles. The Hall–Kier alpha value is -3.11. The molecule has 2 saturated carbocycles. The van der Waals surface area contributed by atoms with Crippen molar-refractivity contribution in [2.45, 2.75) is 108 Å². The fourth-order valence-corrected chi connectivity index (χ4v) is 4.78. The van der Waals surface area contributed by atoms with E-state index in [1.54, 1.807) is 35.6 Å². The molecule has 2 aliphatic rings. The van der Waals surface area contributed by atoms with Crippen molar-refractivity contribution in [3.63, 3.8) is 0 Å². The van der Waals surface area contributed by atoms with Gasteiger partial charge in [-0.1, -0.05) is 43.2 Å². The first-order valence-electron chi connectivity index (χ1n) is 13.2. The molecule has 0 unspecified atom stereocenters. The van der Waals surface area contributed by atoms with Crippen LogP contribution >= 0.6 is 0 Å². The summed E-state index contributed by atoms with van der Waals surface area (Å²) in [6.07, 6.45) is 1.72. The van der Waals surface area contributed by atoms with Gasteiger partial charge in [0.15, 0.2) is 0 Å². The van der Waals surface area contributed by atoms with Crippen LogP contribution in [0.2, 0.25) is 0 Å². The number of carbonyl (C=O) groups is 4. The second-order valence-corrected chi connectivity index (χ2v) is 9.93. The van der Waals surface area contributed by atoms with Crippen molar-refractivity contribution >= 4 is 23.8 Å². The van der Waals surface area contributed by atoms with Gasteiger partial charge < -0.3 is 20.1 Å². The fourth-order valence-electron chi connectivity index (χ4n) is 4.78. The standard InChI is InChI=1S/C27H35F3N2O6/c28-27(29,30)26(36)32-21(16-18-10-4-1-5-11-18)24(34)31-22(25(35)38-20-14-8-3-9-15-20)17-23(33)37-19-12-6-2-7-13-19/h1,4-5,10-11,19-22H,2-3,6-9,12-17H2,(H,31,34)(H,32,36)/t21-,22-/m0/s1. The zero-order valence-corrected chi connectivity index (χ0v) is 21.3. The van der Waals surface area contributed by atoms with Crippen LogP contribution in [0, 0.1) is 0 Å². The molecular formula is C27H35F3N2O6. The highest BCUT2D eigenvalue weighted by atomic mass is 19.4. The molecule has 1 aromatic carbocycles. The number of esters is 2. The molecule has 8 nitrogen and oxygen atoms in total. The van der Waals surface area contributed by atoms with E-state index in [4.69, 9.17) is 9.47 Å². The lowest BCUT2D eigenvalue weighted by Gasteiger charge is -2.27. The van der Waals surface area contributed by atoms with Crippen LogP contribution in [0.25, 0.3) is 0 Å². The average Bonchev–Trinajstić information content (AvgIpc) is 2.89. The Bertz CT molecular complexity index is 944. The zero-order chi connectivity index (χ0) is 27.5. The summed E-state index contributed by atoms with van der Waals surface area (Å²) < 4.78 is 50.0. The number of ether oxygens (including phenoxy) is 2. The second-order valence-electron chi connectivity index (χ2n) is 9.93. The van der Waals surface area contributed by atoms with Gasteiger partial charge >= 0.3 is 24.0 Å². The zero-order valence-electron chi connectivity index (χ0n) is 21.3. The van der Waals surface area contributed by atoms with Crippen molar-refractivity contribution in [2.24, 2.45) is 0 Å². The third-order valence-electron chi connectivity index (χ3n) is 6.82. The van der Waals surface area contributed by atoms with Crippen LogP contribution in [0.3, 0.4) is 0 Å². The molecule has 38 heavy (non-hydrogen) atoms. The SMILES string of the molecule is O=C(C[C@H](NC(=O)[C@H](Cc1ccccc1)NC(=O)C(F)(F)F)C(=O)OC1CCCCC1)OC1CCCCC1. The summed E-state index contributed by atoms with van der Waals surface area (Å²) in [7, 11) is 0. The van der Waals surface area contributed by atoms with Crippen LogP contribution in [0.15, 0.2) is 30.3 Å². The lowest BCUT2D eigenvalue weighted by molar-refractivity contribution is -0.174. The molecule has 11 heteroatoms. The molecule has 1 aromatic rings.